The molecule has 14 heterocycles. The highest BCUT2D eigenvalue weighted by Gasteiger charge is 2.88. The van der Waals surface area contributed by atoms with Crippen LogP contribution in [0.3, 0.4) is 0 Å². The summed E-state index contributed by atoms with van der Waals surface area (Å²) in [6.45, 7) is 2.59. The number of benzene rings is 6. The summed E-state index contributed by atoms with van der Waals surface area (Å²) in [5, 5.41) is 3.75. The van der Waals surface area contributed by atoms with Gasteiger partial charge in [-0.3, -0.25) is 78.4 Å². The molecule has 0 saturated carbocycles. The molecule has 16 amide bonds. The maximum atomic E-state index is 15.9. The molecular formula is C72H71N17O12S4. The summed E-state index contributed by atoms with van der Waals surface area (Å²) in [6, 6.07) is 43.2. The van der Waals surface area contributed by atoms with E-state index in [1.807, 2.05) is 159 Å². The molecule has 0 unspecified atom stereocenters. The Bertz CT molecular complexity index is 4410. The molecule has 0 aromatic heterocycles. The maximum absolute atomic E-state index is 15.9. The van der Waals surface area contributed by atoms with Crippen LogP contribution in [0.1, 0.15) is 36.1 Å². The van der Waals surface area contributed by atoms with Crippen molar-refractivity contribution in [3.63, 3.8) is 0 Å². The lowest BCUT2D eigenvalue weighted by molar-refractivity contribution is -0.238. The predicted molar refractivity (Wildman–Crippen MR) is 381 cm³/mol. The lowest BCUT2D eigenvalue weighted by Gasteiger charge is -2.62. The van der Waals surface area contributed by atoms with E-state index < -0.39 is 109 Å². The van der Waals surface area contributed by atoms with Gasteiger partial charge >= 0.3 is 48.2 Å². The minimum absolute atomic E-state index is 0.00994. The number of ether oxygens (including phenoxy) is 4. The van der Waals surface area contributed by atoms with Crippen molar-refractivity contribution in [2.75, 3.05) is 89.5 Å². The zero-order valence-corrected chi connectivity index (χ0v) is 60.3. The Labute approximate surface area is 620 Å². The fraction of sp³-hybridized carbons (Fsp3) is 0.389. The Morgan fingerprint density at radius 1 is 0.333 bits per heavy atom. The number of nitrogens with one attached hydrogen (secondary N) is 1. The van der Waals surface area contributed by atoms with Crippen LogP contribution < -0.4 is 24.3 Å². The van der Waals surface area contributed by atoms with E-state index in [1.165, 1.54) is 58.8 Å². The van der Waals surface area contributed by atoms with Crippen LogP contribution in [0.5, 0.6) is 23.0 Å². The first-order chi connectivity index (χ1) is 51.1. The first-order valence-electron chi connectivity index (χ1n) is 35.1. The topological polar surface area (TPSA) is 237 Å². The van der Waals surface area contributed by atoms with Gasteiger partial charge in [0.2, 0.25) is 11.6 Å². The number of thioether (sulfide) groups is 4. The number of amides is 16. The first kappa shape index (κ1) is 64.6. The zero-order chi connectivity index (χ0) is 71.2. The number of fused-ring (bicyclic) bond motifs is 2. The van der Waals surface area contributed by atoms with Crippen molar-refractivity contribution in [2.24, 2.45) is 0 Å². The van der Waals surface area contributed by atoms with Gasteiger partial charge in [0.05, 0.1) is 52.6 Å². The SMILES string of the molecule is C[C@]12C3N4CN5C(=O)N6CN7C(=O)N8CN9C(=O)N%10Cc%11c(OCCSc%12ccccc%12)ccc(OCCSc%12ccccc%12)c%11CN%11C(=O)N%12CN%13C(=O)N(CN%14C(=O)N(CN3C(=O)N1Cc1c(OCCSc3ccccc3)ccc(OCCSc3ccccc3)c1CN2C4=O)C5[C@H]%146)[C@@H]7[C@@]8%13N[C@@]9%12[C@]%11%10C. The highest BCUT2D eigenvalue weighted by molar-refractivity contribution is 8.00. The van der Waals surface area contributed by atoms with Gasteiger partial charge in [0.1, 0.15) is 63.0 Å². The number of hydrogen-bond donors (Lipinski definition) is 1. The zero-order valence-electron chi connectivity index (χ0n) is 57.1. The van der Waals surface area contributed by atoms with Gasteiger partial charge in [-0.15, -0.1) is 47.0 Å². The van der Waals surface area contributed by atoms with Crippen molar-refractivity contribution < 1.29 is 57.3 Å². The van der Waals surface area contributed by atoms with Crippen LogP contribution in [0.4, 0.5) is 38.4 Å². The molecule has 14 aliphatic heterocycles. The van der Waals surface area contributed by atoms with Crippen LogP contribution in [-0.2, 0) is 26.2 Å². The van der Waals surface area contributed by atoms with Crippen molar-refractivity contribution in [1.29, 1.82) is 0 Å². The molecule has 2 bridgehead atoms. The van der Waals surface area contributed by atoms with Crippen LogP contribution >= 0.6 is 47.0 Å². The number of carbonyl (C=O) groups excluding carboxylic acids is 8. The molecule has 12 fully saturated rings. The molecule has 6 aromatic rings. The molecule has 540 valence electrons. The highest BCUT2D eigenvalue weighted by atomic mass is 32.2. The van der Waals surface area contributed by atoms with Crippen LogP contribution in [0, 0.1) is 0 Å². The van der Waals surface area contributed by atoms with E-state index in [1.54, 1.807) is 66.6 Å². The van der Waals surface area contributed by atoms with Crippen molar-refractivity contribution in [3.8, 4) is 23.0 Å². The molecule has 12 saturated heterocycles. The summed E-state index contributed by atoms with van der Waals surface area (Å²) < 4.78 is 26.5. The van der Waals surface area contributed by atoms with Gasteiger partial charge in [0, 0.05) is 64.8 Å². The van der Waals surface area contributed by atoms with Crippen molar-refractivity contribution in [1.82, 2.24) is 83.7 Å². The molecule has 20 rings (SSSR count). The molecule has 6 aromatic carbocycles. The van der Waals surface area contributed by atoms with E-state index in [4.69, 9.17) is 18.9 Å². The Balaban J connectivity index is 0.607. The molecule has 14 aliphatic rings. The van der Waals surface area contributed by atoms with Gasteiger partial charge in [-0.05, 0) is 86.6 Å². The Hall–Kier alpha value is -9.96. The molecule has 29 nitrogen and oxygen atoms in total. The fourth-order valence-corrected chi connectivity index (χ4v) is 21.6. The van der Waals surface area contributed by atoms with Crippen molar-refractivity contribution in [3.05, 3.63) is 168 Å². The minimum Gasteiger partial charge on any atom is -0.492 e. The number of carbonyl (C=O) groups is 8. The monoisotopic (exact) mass is 1490 g/mol. The van der Waals surface area contributed by atoms with Crippen molar-refractivity contribution in [2.45, 2.75) is 107 Å². The quantitative estimate of drug-likeness (QED) is 0.0557. The molecule has 0 atom stereocenters. The van der Waals surface area contributed by atoms with E-state index in [-0.39, 0.29) is 52.9 Å². The number of hydrogen-bond acceptors (Lipinski definition) is 17. The molecule has 0 aliphatic carbocycles. The summed E-state index contributed by atoms with van der Waals surface area (Å²) in [5.41, 5.74) is -0.223. The highest BCUT2D eigenvalue weighted by Crippen LogP contribution is 2.62. The number of rotatable bonds is 20. The number of urea groups is 8. The van der Waals surface area contributed by atoms with E-state index in [0.29, 0.717) is 94.7 Å². The third-order valence-electron chi connectivity index (χ3n) is 23.3. The van der Waals surface area contributed by atoms with E-state index in [9.17, 15) is 0 Å². The maximum Gasteiger partial charge on any atom is 0.327 e. The molecule has 1 N–H and O–H groups in total. The average Bonchev–Trinajstić information content (AvgIpc) is 1.45. The number of nitrogens with zero attached hydrogens (tertiary/aromatic N) is 16. The van der Waals surface area contributed by atoms with Gasteiger partial charge in [0.15, 0.2) is 36.0 Å². The minimum atomic E-state index is -1.80. The van der Waals surface area contributed by atoms with E-state index in [0.717, 1.165) is 19.6 Å². The normalized spacial score (nSPS) is 27.9. The Morgan fingerprint density at radius 2 is 0.629 bits per heavy atom. The molecule has 33 heteroatoms. The lowest BCUT2D eigenvalue weighted by Crippen LogP contribution is -2.91. The second kappa shape index (κ2) is 23.8. The summed E-state index contributed by atoms with van der Waals surface area (Å²) >= 11 is 6.61. The van der Waals surface area contributed by atoms with Crippen LogP contribution in [0.2, 0.25) is 0 Å². The smallest absolute Gasteiger partial charge is 0.327 e. The lowest BCUT2D eigenvalue weighted by atomic mass is 9.96. The largest absolute Gasteiger partial charge is 0.492 e. The fourth-order valence-electron chi connectivity index (χ4n) is 18.6. The third-order valence-corrected chi connectivity index (χ3v) is 27.2. The molecule has 2 spiro atoms. The van der Waals surface area contributed by atoms with Gasteiger partial charge in [0.25, 0.3) is 0 Å². The van der Waals surface area contributed by atoms with Crippen LogP contribution in [0.25, 0.3) is 0 Å². The van der Waals surface area contributed by atoms with Crippen LogP contribution in [-0.4, -0.2) is 264 Å². The van der Waals surface area contributed by atoms with Gasteiger partial charge in [-0.1, -0.05) is 72.8 Å². The van der Waals surface area contributed by atoms with E-state index >= 15 is 38.4 Å². The predicted octanol–water partition coefficient (Wildman–Crippen LogP) is 8.43. The molecular weight excluding hydrogens is 1420 g/mol. The first-order valence-corrected chi connectivity index (χ1v) is 39.0. The molecule has 105 heavy (non-hydrogen) atoms. The Kier molecular flexibility index (Phi) is 14.6. The molecule has 0 radical (unpaired) electrons. The summed E-state index contributed by atoms with van der Waals surface area (Å²) in [6.07, 6.45) is -4.56. The second-order valence-electron chi connectivity index (χ2n) is 28.2. The third kappa shape index (κ3) is 8.91. The summed E-state index contributed by atoms with van der Waals surface area (Å²) in [4.78, 5) is 155. The van der Waals surface area contributed by atoms with E-state index in [2.05, 4.69) is 5.32 Å². The summed E-state index contributed by atoms with van der Waals surface area (Å²) in [7, 11) is 0. The second-order valence-corrected chi connectivity index (χ2v) is 32.9. The standard InChI is InChI=1S/C72H71N17O12S4/c1-69-59-78-39-74-57-58-76(61(74)90)41-80-60-71-73-72-70(2)84(67(96)88(72)43-86(71)65(80)94)37-51-52(56(101-30-34-105-48-21-13-6-14-22-48)26-25-55(51)100-29-33-104-47-19-11-5-12-20-47)38-85(70)68(97)89(72)44-87(71)66(95)81(60)42-77(58)62(91)75(57)40-79(59)64(93)83(69)36-50-49(35-82(69)63(78)92)53(98-27-31-102-45-15-7-3-8-16-45)23-24-54(50)99-28-32-103-46-17-9-4-10-18-46/h3-26,57-60,73H,27-44H2,1-2H3/t57?,58-,59?,60+,69+,70-,71+,72-. The summed E-state index contributed by atoms with van der Waals surface area (Å²) in [5.74, 6) is 1.09. The average molecular weight is 1490 g/mol. The van der Waals surface area contributed by atoms with Crippen LogP contribution in [0.15, 0.2) is 165 Å². The van der Waals surface area contributed by atoms with Gasteiger partial charge < -0.3 is 18.9 Å². The van der Waals surface area contributed by atoms with Gasteiger partial charge in [-0.25, -0.2) is 43.7 Å². The Morgan fingerprint density at radius 3 is 0.952 bits per heavy atom. The van der Waals surface area contributed by atoms with Crippen molar-refractivity contribution >= 4 is 95.3 Å². The van der Waals surface area contributed by atoms with Gasteiger partial charge in [-0.2, -0.15) is 0 Å².